The van der Waals surface area contributed by atoms with Crippen molar-refractivity contribution in [3.63, 3.8) is 0 Å². The lowest BCUT2D eigenvalue weighted by atomic mass is 9.78. The first kappa shape index (κ1) is 41.8. The number of halogens is 4. The van der Waals surface area contributed by atoms with Gasteiger partial charge >= 0.3 is 0 Å². The Morgan fingerprint density at radius 3 is 1.15 bits per heavy atom. The quantitative estimate of drug-likeness (QED) is 0.0844. The van der Waals surface area contributed by atoms with E-state index < -0.39 is 12.2 Å². The first-order chi connectivity index (χ1) is 28.9. The van der Waals surface area contributed by atoms with Crippen molar-refractivity contribution in [3.8, 4) is 5.75 Å². The van der Waals surface area contributed by atoms with E-state index in [1.165, 1.54) is 60.7 Å². The first-order valence-corrected chi connectivity index (χ1v) is 19.8. The number of phenols is 1. The number of carbonyl (C=O) groups is 2. The molecule has 6 aromatic carbocycles. The van der Waals surface area contributed by atoms with Gasteiger partial charge in [-0.3, -0.25) is 9.59 Å². The van der Waals surface area contributed by atoms with E-state index in [2.05, 4.69) is 0 Å². The number of aryl methyl sites for hydroxylation is 1. The Hall–Kier alpha value is -6.30. The standard InChI is InChI=1S/C25H23F2NO2.C24H21F2NO3/c1-16-2-4-18(5-3-16)24-22(14-15-23(29)17-6-8-19(26)9-7-17)25(30)28(24)21-12-10-20(27)11-13-21;25-17-5-1-15(2-6-17)22(29)14-13-21-23(16-3-11-20(28)12-4-16)27(24(21)30)19-9-7-18(26)8-10-19/h2-13,22-24,29H,14-15H2,1H3;1-12,21-23,28-29H,13-14H2/t22-,23+,24-;21-,22+,23-/m11/s1. The molecule has 0 bridgehead atoms. The number of benzene rings is 6. The summed E-state index contributed by atoms with van der Waals surface area (Å²) in [4.78, 5) is 29.2. The average Bonchev–Trinajstić information content (AvgIpc) is 3.24. The Bertz CT molecular complexity index is 2210. The van der Waals surface area contributed by atoms with Crippen LogP contribution in [0.15, 0.2) is 146 Å². The summed E-state index contributed by atoms with van der Waals surface area (Å²) in [6, 6.07) is 37.3. The van der Waals surface area contributed by atoms with Crippen LogP contribution in [0.25, 0.3) is 0 Å². The number of aliphatic hydroxyl groups excluding tert-OH is 2. The number of carbonyl (C=O) groups excluding carboxylic acids is 2. The smallest absolute Gasteiger partial charge is 0.233 e. The minimum Gasteiger partial charge on any atom is -0.508 e. The fourth-order valence-electron chi connectivity index (χ4n) is 8.01. The maximum absolute atomic E-state index is 13.4. The molecule has 8 rings (SSSR count). The predicted octanol–water partition coefficient (Wildman–Crippen LogP) is 10.4. The molecular formula is C49H44F4N2O5. The lowest BCUT2D eigenvalue weighted by Gasteiger charge is -2.48. The summed E-state index contributed by atoms with van der Waals surface area (Å²) in [5, 5.41) is 30.5. The molecule has 2 saturated heterocycles. The molecule has 2 aliphatic heterocycles. The third-order valence-corrected chi connectivity index (χ3v) is 11.3. The average molecular weight is 817 g/mol. The third-order valence-electron chi connectivity index (χ3n) is 11.3. The lowest BCUT2D eigenvalue weighted by Crippen LogP contribution is -2.55. The van der Waals surface area contributed by atoms with Gasteiger partial charge in [0, 0.05) is 11.4 Å². The largest absolute Gasteiger partial charge is 0.508 e. The van der Waals surface area contributed by atoms with Gasteiger partial charge in [0.25, 0.3) is 0 Å². The van der Waals surface area contributed by atoms with Crippen LogP contribution in [0.3, 0.4) is 0 Å². The van der Waals surface area contributed by atoms with Gasteiger partial charge in [-0.1, -0.05) is 66.2 Å². The van der Waals surface area contributed by atoms with Crippen molar-refractivity contribution in [1.29, 1.82) is 0 Å². The fourth-order valence-corrected chi connectivity index (χ4v) is 8.01. The summed E-state index contributed by atoms with van der Waals surface area (Å²) in [6.45, 7) is 2.00. The van der Waals surface area contributed by atoms with Gasteiger partial charge in [0.15, 0.2) is 0 Å². The molecule has 0 aliphatic carbocycles. The van der Waals surface area contributed by atoms with Crippen LogP contribution in [0.1, 0.15) is 77.8 Å². The maximum Gasteiger partial charge on any atom is 0.233 e. The molecule has 2 heterocycles. The first-order valence-electron chi connectivity index (χ1n) is 19.8. The van der Waals surface area contributed by atoms with Crippen LogP contribution in [0.5, 0.6) is 5.75 Å². The molecule has 60 heavy (non-hydrogen) atoms. The van der Waals surface area contributed by atoms with Crippen molar-refractivity contribution in [2.75, 3.05) is 9.80 Å². The molecule has 3 N–H and O–H groups in total. The molecule has 2 amide bonds. The highest BCUT2D eigenvalue weighted by atomic mass is 19.1. The van der Waals surface area contributed by atoms with Crippen molar-refractivity contribution >= 4 is 23.2 Å². The van der Waals surface area contributed by atoms with Gasteiger partial charge < -0.3 is 25.1 Å². The molecule has 0 unspecified atom stereocenters. The molecule has 7 nitrogen and oxygen atoms in total. The number of hydrogen-bond donors (Lipinski definition) is 3. The SMILES string of the molecule is Cc1ccc([C@@H]2[C@@H](CC[C@H](O)c3ccc(F)cc3)C(=O)N2c2ccc(F)cc2)cc1.O=C1[C@H](CC[C@H](O)c2ccc(F)cc2)[C@@H](c2ccc(O)cc2)N1c1ccc(F)cc1. The third kappa shape index (κ3) is 9.28. The van der Waals surface area contributed by atoms with Crippen molar-refractivity contribution in [3.05, 3.63) is 197 Å². The Labute approximate surface area is 345 Å². The zero-order valence-corrected chi connectivity index (χ0v) is 32.7. The zero-order valence-electron chi connectivity index (χ0n) is 32.7. The van der Waals surface area contributed by atoms with Gasteiger partial charge in [0.1, 0.15) is 29.0 Å². The van der Waals surface area contributed by atoms with Crippen molar-refractivity contribution in [2.24, 2.45) is 11.8 Å². The Morgan fingerprint density at radius 2 is 0.800 bits per heavy atom. The van der Waals surface area contributed by atoms with Crippen LogP contribution < -0.4 is 9.80 Å². The Kier molecular flexibility index (Phi) is 12.8. The highest BCUT2D eigenvalue weighted by molar-refractivity contribution is 6.04. The van der Waals surface area contributed by atoms with Gasteiger partial charge in [-0.05, 0) is 140 Å². The minimum absolute atomic E-state index is 0.0431. The Morgan fingerprint density at radius 1 is 0.483 bits per heavy atom. The molecule has 6 atom stereocenters. The van der Waals surface area contributed by atoms with E-state index in [0.717, 1.165) is 16.7 Å². The lowest BCUT2D eigenvalue weighted by molar-refractivity contribution is -0.131. The van der Waals surface area contributed by atoms with Crippen molar-refractivity contribution in [2.45, 2.75) is 56.9 Å². The van der Waals surface area contributed by atoms with E-state index >= 15 is 0 Å². The van der Waals surface area contributed by atoms with E-state index in [9.17, 15) is 42.5 Å². The van der Waals surface area contributed by atoms with Gasteiger partial charge in [-0.25, -0.2) is 17.6 Å². The van der Waals surface area contributed by atoms with E-state index in [1.54, 1.807) is 70.5 Å². The minimum atomic E-state index is -0.807. The number of β-lactam (4-membered cyclic amide) rings is 2. The molecule has 6 aromatic rings. The van der Waals surface area contributed by atoms with E-state index in [4.69, 9.17) is 0 Å². The molecule has 2 aliphatic rings. The second-order valence-electron chi connectivity index (χ2n) is 15.3. The summed E-state index contributed by atoms with van der Waals surface area (Å²) in [5.41, 5.74) is 5.45. The number of rotatable bonds is 12. The van der Waals surface area contributed by atoms with Crippen molar-refractivity contribution in [1.82, 2.24) is 0 Å². The molecule has 0 aromatic heterocycles. The van der Waals surface area contributed by atoms with Gasteiger partial charge in [0.2, 0.25) is 11.8 Å². The highest BCUT2D eigenvalue weighted by Gasteiger charge is 2.49. The van der Waals surface area contributed by atoms with E-state index in [0.29, 0.717) is 48.2 Å². The Balaban J connectivity index is 0.000000181. The second kappa shape index (κ2) is 18.3. The molecule has 0 spiro atoms. The monoisotopic (exact) mass is 816 g/mol. The molecule has 0 saturated carbocycles. The summed E-state index contributed by atoms with van der Waals surface area (Å²) in [7, 11) is 0. The van der Waals surface area contributed by atoms with Crippen molar-refractivity contribution < 1.29 is 42.5 Å². The number of aliphatic hydroxyl groups is 2. The molecule has 11 heteroatoms. The summed E-state index contributed by atoms with van der Waals surface area (Å²) >= 11 is 0. The normalized spacial score (nSPS) is 19.4. The number of nitrogens with zero attached hydrogens (tertiary/aromatic N) is 2. The van der Waals surface area contributed by atoms with Gasteiger partial charge in [-0.2, -0.15) is 0 Å². The number of phenolic OH excluding ortho intramolecular Hbond substituents is 1. The molecule has 308 valence electrons. The van der Waals surface area contributed by atoms with Crippen LogP contribution in [-0.2, 0) is 9.59 Å². The fraction of sp³-hybridized carbons (Fsp3) is 0.224. The second-order valence-corrected chi connectivity index (χ2v) is 15.3. The van der Waals surface area contributed by atoms with Gasteiger partial charge in [0.05, 0.1) is 36.1 Å². The van der Waals surface area contributed by atoms with Gasteiger partial charge in [-0.15, -0.1) is 0 Å². The van der Waals surface area contributed by atoms with Crippen LogP contribution >= 0.6 is 0 Å². The summed E-state index contributed by atoms with van der Waals surface area (Å²) in [5.74, 6) is -2.13. The summed E-state index contributed by atoms with van der Waals surface area (Å²) in [6.07, 6.45) is 0.0831. The molecule has 0 radical (unpaired) electrons. The summed E-state index contributed by atoms with van der Waals surface area (Å²) < 4.78 is 52.9. The topological polar surface area (TPSA) is 101 Å². The van der Waals surface area contributed by atoms with Crippen LogP contribution in [0.4, 0.5) is 28.9 Å². The number of hydrogen-bond acceptors (Lipinski definition) is 5. The van der Waals surface area contributed by atoms with Crippen LogP contribution in [-0.4, -0.2) is 27.1 Å². The number of anilines is 2. The van der Waals surface area contributed by atoms with E-state index in [1.807, 2.05) is 31.2 Å². The number of amides is 2. The predicted molar refractivity (Wildman–Crippen MR) is 221 cm³/mol. The van der Waals surface area contributed by atoms with E-state index in [-0.39, 0.29) is 64.8 Å². The number of aromatic hydroxyl groups is 1. The molecule has 2 fully saturated rings. The van der Waals surface area contributed by atoms with Crippen LogP contribution in [0, 0.1) is 42.0 Å². The van der Waals surface area contributed by atoms with Crippen LogP contribution in [0.2, 0.25) is 0 Å². The maximum atomic E-state index is 13.4. The molecular weight excluding hydrogens is 773 g/mol. The zero-order chi connectivity index (χ0) is 42.5. The highest BCUT2D eigenvalue weighted by Crippen LogP contribution is 2.48.